The minimum Gasteiger partial charge on any atom is -0.306 e. The van der Waals surface area contributed by atoms with Crippen LogP contribution in [-0.4, -0.2) is 36.3 Å². The average molecular weight is 260 g/mol. The van der Waals surface area contributed by atoms with Gasteiger partial charge >= 0.3 is 0 Å². The Morgan fingerprint density at radius 3 is 3.17 bits per heavy atom. The summed E-state index contributed by atoms with van der Waals surface area (Å²) in [7, 11) is 2.17. The van der Waals surface area contributed by atoms with Crippen LogP contribution in [0, 0.1) is 0 Å². The number of nitrogens with zero attached hydrogens (tertiary/aromatic N) is 2. The van der Waals surface area contributed by atoms with Crippen molar-refractivity contribution in [3.05, 3.63) is 28.8 Å². The zero-order valence-corrected chi connectivity index (χ0v) is 11.2. The summed E-state index contributed by atoms with van der Waals surface area (Å²) in [5.41, 5.74) is 1.17. The van der Waals surface area contributed by atoms with E-state index >= 15 is 0 Å². The first kappa shape index (κ1) is 11.8. The lowest BCUT2D eigenvalue weighted by Gasteiger charge is -2.29. The smallest absolute Gasteiger partial charge is 0.160 e. The SMILES string of the molecule is CN1CCCC(c2ccc3cc(C=O)sc3n2)C1. The molecule has 4 heteroatoms. The summed E-state index contributed by atoms with van der Waals surface area (Å²) in [6, 6.07) is 6.13. The predicted molar refractivity (Wildman–Crippen MR) is 74.5 cm³/mol. The van der Waals surface area contributed by atoms with Crippen molar-refractivity contribution in [1.82, 2.24) is 9.88 Å². The molecule has 0 amide bonds. The van der Waals surface area contributed by atoms with Gasteiger partial charge in [-0.05, 0) is 38.6 Å². The van der Waals surface area contributed by atoms with E-state index in [0.717, 1.165) is 27.9 Å². The minimum atomic E-state index is 0.537. The molecule has 1 unspecified atom stereocenters. The van der Waals surface area contributed by atoms with Gasteiger partial charge in [0.05, 0.1) is 4.88 Å². The summed E-state index contributed by atoms with van der Waals surface area (Å²) < 4.78 is 0. The highest BCUT2D eigenvalue weighted by Crippen LogP contribution is 2.29. The van der Waals surface area contributed by atoms with Crippen molar-refractivity contribution >= 4 is 27.8 Å². The molecule has 18 heavy (non-hydrogen) atoms. The van der Waals surface area contributed by atoms with Gasteiger partial charge in [-0.15, -0.1) is 11.3 Å². The van der Waals surface area contributed by atoms with Gasteiger partial charge in [0.15, 0.2) is 6.29 Å². The van der Waals surface area contributed by atoms with Crippen LogP contribution in [0.1, 0.15) is 34.1 Å². The fourth-order valence-electron chi connectivity index (χ4n) is 2.64. The standard InChI is InChI=1S/C14H16N2OS/c1-16-6-2-3-11(8-16)13-5-4-10-7-12(9-17)18-14(10)15-13/h4-5,7,9,11H,2-3,6,8H2,1H3. The van der Waals surface area contributed by atoms with Gasteiger partial charge in [0, 0.05) is 23.5 Å². The van der Waals surface area contributed by atoms with Crippen LogP contribution in [0.3, 0.4) is 0 Å². The van der Waals surface area contributed by atoms with Gasteiger partial charge in [0.25, 0.3) is 0 Å². The van der Waals surface area contributed by atoms with E-state index in [0.29, 0.717) is 5.92 Å². The molecule has 94 valence electrons. The maximum Gasteiger partial charge on any atom is 0.160 e. The summed E-state index contributed by atoms with van der Waals surface area (Å²) in [4.78, 5) is 19.6. The van der Waals surface area contributed by atoms with Crippen molar-refractivity contribution in [2.75, 3.05) is 20.1 Å². The highest BCUT2D eigenvalue weighted by molar-refractivity contribution is 7.20. The number of likely N-dealkylation sites (N-methyl/N-ethyl adjacent to an activating group) is 1. The Hall–Kier alpha value is -1.26. The number of piperidine rings is 1. The van der Waals surface area contributed by atoms with Gasteiger partial charge in [-0.3, -0.25) is 4.79 Å². The lowest BCUT2D eigenvalue weighted by molar-refractivity contribution is 0.112. The van der Waals surface area contributed by atoms with Gasteiger partial charge < -0.3 is 4.90 Å². The third kappa shape index (κ3) is 2.18. The minimum absolute atomic E-state index is 0.537. The number of hydrogen-bond donors (Lipinski definition) is 0. The van der Waals surface area contributed by atoms with Crippen LogP contribution in [0.5, 0.6) is 0 Å². The molecule has 1 saturated heterocycles. The van der Waals surface area contributed by atoms with Gasteiger partial charge in [-0.2, -0.15) is 0 Å². The third-order valence-electron chi connectivity index (χ3n) is 3.58. The maximum absolute atomic E-state index is 10.8. The van der Waals surface area contributed by atoms with Gasteiger partial charge in [0.1, 0.15) is 4.83 Å². The Bertz CT molecular complexity index is 578. The molecule has 2 aromatic heterocycles. The maximum atomic E-state index is 10.8. The number of likely N-dealkylation sites (tertiary alicyclic amines) is 1. The first-order valence-electron chi connectivity index (χ1n) is 6.30. The quantitative estimate of drug-likeness (QED) is 0.778. The molecular formula is C14H16N2OS. The van der Waals surface area contributed by atoms with Crippen LogP contribution in [0.15, 0.2) is 18.2 Å². The number of thiophene rings is 1. The van der Waals surface area contributed by atoms with E-state index in [9.17, 15) is 4.79 Å². The Labute approximate surface area is 110 Å². The van der Waals surface area contributed by atoms with Crippen molar-refractivity contribution in [2.24, 2.45) is 0 Å². The normalized spacial score (nSPS) is 21.3. The molecule has 0 bridgehead atoms. The van der Waals surface area contributed by atoms with E-state index in [2.05, 4.69) is 24.1 Å². The van der Waals surface area contributed by atoms with E-state index in [-0.39, 0.29) is 0 Å². The Morgan fingerprint density at radius 1 is 1.50 bits per heavy atom. The first-order valence-corrected chi connectivity index (χ1v) is 7.12. The van der Waals surface area contributed by atoms with Gasteiger partial charge in [-0.1, -0.05) is 6.07 Å². The molecule has 0 N–H and O–H groups in total. The Morgan fingerprint density at radius 2 is 2.39 bits per heavy atom. The summed E-state index contributed by atoms with van der Waals surface area (Å²) in [5, 5.41) is 1.08. The number of fused-ring (bicyclic) bond motifs is 1. The molecule has 0 aromatic carbocycles. The second-order valence-electron chi connectivity index (χ2n) is 5.00. The number of pyridine rings is 1. The fourth-order valence-corrected chi connectivity index (χ4v) is 3.50. The second kappa shape index (κ2) is 4.78. The molecule has 1 atom stereocenters. The van der Waals surface area contributed by atoms with E-state index in [1.807, 2.05) is 6.07 Å². The molecule has 1 aliphatic heterocycles. The van der Waals surface area contributed by atoms with Crippen LogP contribution >= 0.6 is 11.3 Å². The zero-order valence-electron chi connectivity index (χ0n) is 10.4. The van der Waals surface area contributed by atoms with Gasteiger partial charge in [-0.25, -0.2) is 4.98 Å². The van der Waals surface area contributed by atoms with Crippen LogP contribution in [0.25, 0.3) is 10.2 Å². The van der Waals surface area contributed by atoms with Crippen LogP contribution in [0.4, 0.5) is 0 Å². The molecular weight excluding hydrogens is 244 g/mol. The fraction of sp³-hybridized carbons (Fsp3) is 0.429. The van der Waals surface area contributed by atoms with E-state index in [1.54, 1.807) is 0 Å². The van der Waals surface area contributed by atoms with Crippen LogP contribution < -0.4 is 0 Å². The molecule has 3 rings (SSSR count). The predicted octanol–water partition coefficient (Wildman–Crippen LogP) is 2.92. The first-order chi connectivity index (χ1) is 8.76. The number of carbonyl (C=O) groups is 1. The molecule has 0 radical (unpaired) electrons. The van der Waals surface area contributed by atoms with E-state index in [4.69, 9.17) is 4.98 Å². The highest BCUT2D eigenvalue weighted by Gasteiger charge is 2.20. The molecule has 0 aliphatic carbocycles. The number of rotatable bonds is 2. The average Bonchev–Trinajstić information content (AvgIpc) is 2.80. The monoisotopic (exact) mass is 260 g/mol. The molecule has 0 saturated carbocycles. The molecule has 3 heterocycles. The van der Waals surface area contributed by atoms with E-state index < -0.39 is 0 Å². The van der Waals surface area contributed by atoms with Crippen molar-refractivity contribution in [3.8, 4) is 0 Å². The lowest BCUT2D eigenvalue weighted by Crippen LogP contribution is -2.31. The molecule has 1 fully saturated rings. The summed E-state index contributed by atoms with van der Waals surface area (Å²) in [5.74, 6) is 0.537. The topological polar surface area (TPSA) is 33.2 Å². The Balaban J connectivity index is 1.94. The van der Waals surface area contributed by atoms with E-state index in [1.165, 1.54) is 36.4 Å². The molecule has 2 aromatic rings. The lowest BCUT2D eigenvalue weighted by atomic mass is 9.94. The number of hydrogen-bond acceptors (Lipinski definition) is 4. The van der Waals surface area contributed by atoms with Crippen LogP contribution in [0.2, 0.25) is 0 Å². The highest BCUT2D eigenvalue weighted by atomic mass is 32.1. The summed E-state index contributed by atoms with van der Waals surface area (Å²) in [6.07, 6.45) is 3.36. The number of aromatic nitrogens is 1. The van der Waals surface area contributed by atoms with Gasteiger partial charge in [0.2, 0.25) is 0 Å². The number of carbonyl (C=O) groups excluding carboxylic acids is 1. The molecule has 0 spiro atoms. The van der Waals surface area contributed by atoms with Crippen molar-refractivity contribution in [2.45, 2.75) is 18.8 Å². The van der Waals surface area contributed by atoms with Crippen molar-refractivity contribution < 1.29 is 4.79 Å². The molecule has 3 nitrogen and oxygen atoms in total. The zero-order chi connectivity index (χ0) is 12.5. The molecule has 1 aliphatic rings. The largest absolute Gasteiger partial charge is 0.306 e. The summed E-state index contributed by atoms with van der Waals surface area (Å²) >= 11 is 1.48. The van der Waals surface area contributed by atoms with Crippen molar-refractivity contribution in [3.63, 3.8) is 0 Å². The van der Waals surface area contributed by atoms with Crippen LogP contribution in [-0.2, 0) is 0 Å². The Kier molecular flexibility index (Phi) is 3.14. The third-order valence-corrected chi connectivity index (χ3v) is 4.55. The second-order valence-corrected chi connectivity index (χ2v) is 6.06. The summed E-state index contributed by atoms with van der Waals surface area (Å²) in [6.45, 7) is 2.28. The number of aldehydes is 1. The van der Waals surface area contributed by atoms with Crippen molar-refractivity contribution in [1.29, 1.82) is 0 Å².